The summed E-state index contributed by atoms with van der Waals surface area (Å²) < 4.78 is 5.87. The number of nitrogens with one attached hydrogen (secondary N) is 1. The molecule has 114 valence electrons. The van der Waals surface area contributed by atoms with Crippen LogP contribution in [-0.2, 0) is 11.2 Å². The monoisotopic (exact) mass is 295 g/mol. The highest BCUT2D eigenvalue weighted by Crippen LogP contribution is 2.35. The van der Waals surface area contributed by atoms with Gasteiger partial charge in [-0.2, -0.15) is 0 Å². The van der Waals surface area contributed by atoms with Crippen molar-refractivity contribution in [3.05, 3.63) is 59.2 Å². The predicted molar refractivity (Wildman–Crippen MR) is 91.2 cm³/mol. The lowest BCUT2D eigenvalue weighted by Gasteiger charge is -2.28. The van der Waals surface area contributed by atoms with Crippen molar-refractivity contribution in [3.63, 3.8) is 0 Å². The summed E-state index contributed by atoms with van der Waals surface area (Å²) in [5, 5.41) is 3.25. The van der Waals surface area contributed by atoms with Crippen LogP contribution < -0.4 is 11.1 Å². The minimum atomic E-state index is -0.0461. The molecule has 0 aromatic heterocycles. The molecule has 3 rings (SSSR count). The van der Waals surface area contributed by atoms with Crippen LogP contribution in [0.4, 0.5) is 11.4 Å². The number of benzene rings is 2. The SMILES string of the molecule is Cc1c(N)ccc2c1C(C)OC(=NCCc1ccccc1)N2. The van der Waals surface area contributed by atoms with Crippen LogP contribution >= 0.6 is 0 Å². The third-order valence-electron chi connectivity index (χ3n) is 3.99. The van der Waals surface area contributed by atoms with E-state index in [9.17, 15) is 0 Å². The lowest BCUT2D eigenvalue weighted by atomic mass is 9.99. The highest BCUT2D eigenvalue weighted by Gasteiger charge is 2.23. The Hall–Kier alpha value is -2.49. The standard InChI is InChI=1S/C18H21N3O/c1-12-15(19)8-9-16-17(12)13(2)22-18(21-16)20-11-10-14-6-4-3-5-7-14/h3-9,13H,10-11,19H2,1-2H3,(H,20,21). The van der Waals surface area contributed by atoms with E-state index < -0.39 is 0 Å². The minimum Gasteiger partial charge on any atom is -0.457 e. The Labute approximate surface area is 131 Å². The minimum absolute atomic E-state index is 0.0461. The Morgan fingerprint density at radius 2 is 1.95 bits per heavy atom. The van der Waals surface area contributed by atoms with Gasteiger partial charge in [0.2, 0.25) is 0 Å². The predicted octanol–water partition coefficient (Wildman–Crippen LogP) is 3.68. The van der Waals surface area contributed by atoms with Crippen LogP contribution in [0.1, 0.15) is 29.7 Å². The number of nitrogen functional groups attached to an aromatic ring is 1. The molecule has 2 aromatic rings. The molecular weight excluding hydrogens is 274 g/mol. The molecule has 1 aliphatic heterocycles. The summed E-state index contributed by atoms with van der Waals surface area (Å²) in [6.07, 6.45) is 0.854. The molecule has 4 heteroatoms. The van der Waals surface area contributed by atoms with Gasteiger partial charge in [0.05, 0.1) is 0 Å². The topological polar surface area (TPSA) is 59.6 Å². The van der Waals surface area contributed by atoms with E-state index in [-0.39, 0.29) is 6.10 Å². The molecule has 2 aromatic carbocycles. The molecule has 0 saturated carbocycles. The smallest absolute Gasteiger partial charge is 0.289 e. The van der Waals surface area contributed by atoms with Gasteiger partial charge in [0, 0.05) is 23.5 Å². The Morgan fingerprint density at radius 3 is 2.73 bits per heavy atom. The first-order valence-corrected chi connectivity index (χ1v) is 7.56. The number of hydrogen-bond donors (Lipinski definition) is 2. The molecule has 0 saturated heterocycles. The number of ether oxygens (including phenoxy) is 1. The molecule has 22 heavy (non-hydrogen) atoms. The van der Waals surface area contributed by atoms with Gasteiger partial charge < -0.3 is 15.8 Å². The maximum absolute atomic E-state index is 5.97. The summed E-state index contributed by atoms with van der Waals surface area (Å²) in [5.41, 5.74) is 11.3. The molecule has 0 bridgehead atoms. The maximum atomic E-state index is 5.97. The fourth-order valence-corrected chi connectivity index (χ4v) is 2.76. The van der Waals surface area contributed by atoms with E-state index >= 15 is 0 Å². The average Bonchev–Trinajstić information content (AvgIpc) is 2.52. The van der Waals surface area contributed by atoms with E-state index in [0.29, 0.717) is 12.6 Å². The van der Waals surface area contributed by atoms with Gasteiger partial charge in [0.15, 0.2) is 0 Å². The first kappa shape index (κ1) is 14.4. The Balaban J connectivity index is 1.72. The fourth-order valence-electron chi connectivity index (χ4n) is 2.76. The second-order valence-corrected chi connectivity index (χ2v) is 5.55. The molecule has 0 radical (unpaired) electrons. The number of amidine groups is 1. The van der Waals surface area contributed by atoms with Crippen LogP contribution in [-0.4, -0.2) is 12.6 Å². The first-order chi connectivity index (χ1) is 10.6. The van der Waals surface area contributed by atoms with E-state index in [1.807, 2.05) is 44.2 Å². The van der Waals surface area contributed by atoms with E-state index in [0.717, 1.165) is 28.9 Å². The highest BCUT2D eigenvalue weighted by molar-refractivity contribution is 5.93. The van der Waals surface area contributed by atoms with Crippen molar-refractivity contribution in [1.82, 2.24) is 0 Å². The molecule has 1 unspecified atom stereocenters. The normalized spacial score (nSPS) is 18.5. The summed E-state index contributed by atoms with van der Waals surface area (Å²) in [7, 11) is 0. The lowest BCUT2D eigenvalue weighted by molar-refractivity contribution is 0.205. The molecule has 3 N–H and O–H groups in total. The maximum Gasteiger partial charge on any atom is 0.289 e. The zero-order chi connectivity index (χ0) is 15.5. The Kier molecular flexibility index (Phi) is 4.00. The lowest BCUT2D eigenvalue weighted by Crippen LogP contribution is -2.26. The van der Waals surface area contributed by atoms with Gasteiger partial charge in [-0.25, -0.2) is 4.99 Å². The van der Waals surface area contributed by atoms with E-state index in [4.69, 9.17) is 10.5 Å². The van der Waals surface area contributed by atoms with Crippen molar-refractivity contribution in [3.8, 4) is 0 Å². The average molecular weight is 295 g/mol. The third-order valence-corrected chi connectivity index (χ3v) is 3.99. The van der Waals surface area contributed by atoms with Crippen LogP contribution in [0.25, 0.3) is 0 Å². The van der Waals surface area contributed by atoms with Crippen molar-refractivity contribution in [1.29, 1.82) is 0 Å². The van der Waals surface area contributed by atoms with E-state index in [1.54, 1.807) is 0 Å². The molecule has 1 atom stereocenters. The number of fused-ring (bicyclic) bond motifs is 1. The summed E-state index contributed by atoms with van der Waals surface area (Å²) in [4.78, 5) is 4.53. The second kappa shape index (κ2) is 6.10. The van der Waals surface area contributed by atoms with Gasteiger partial charge in [-0.05, 0) is 43.5 Å². The number of nitrogens with zero attached hydrogens (tertiary/aromatic N) is 1. The van der Waals surface area contributed by atoms with Crippen molar-refractivity contribution in [2.24, 2.45) is 4.99 Å². The summed E-state index contributed by atoms with van der Waals surface area (Å²) in [5.74, 6) is 0. The van der Waals surface area contributed by atoms with Crippen molar-refractivity contribution >= 4 is 17.4 Å². The van der Waals surface area contributed by atoms with Crippen LogP contribution in [0.15, 0.2) is 47.5 Å². The Morgan fingerprint density at radius 1 is 1.18 bits per heavy atom. The molecular formula is C18H21N3O. The van der Waals surface area contributed by atoms with Gasteiger partial charge >= 0.3 is 0 Å². The van der Waals surface area contributed by atoms with Crippen LogP contribution in [0.3, 0.4) is 0 Å². The molecule has 0 fully saturated rings. The summed E-state index contributed by atoms with van der Waals surface area (Å²) >= 11 is 0. The number of anilines is 2. The van der Waals surface area contributed by atoms with Crippen molar-refractivity contribution in [2.75, 3.05) is 17.6 Å². The number of aliphatic imine (C=N–C) groups is 1. The number of rotatable bonds is 3. The van der Waals surface area contributed by atoms with Gasteiger partial charge in [0.1, 0.15) is 6.10 Å². The Bertz CT molecular complexity index is 695. The van der Waals surface area contributed by atoms with Gasteiger partial charge in [-0.15, -0.1) is 0 Å². The van der Waals surface area contributed by atoms with Crippen molar-refractivity contribution in [2.45, 2.75) is 26.4 Å². The molecule has 0 spiro atoms. The van der Waals surface area contributed by atoms with Gasteiger partial charge in [0.25, 0.3) is 6.02 Å². The van der Waals surface area contributed by atoms with E-state index in [2.05, 4.69) is 22.4 Å². The van der Waals surface area contributed by atoms with Crippen molar-refractivity contribution < 1.29 is 4.74 Å². The number of nitrogens with two attached hydrogens (primary N) is 1. The van der Waals surface area contributed by atoms with E-state index in [1.165, 1.54) is 5.56 Å². The molecule has 1 aliphatic rings. The van der Waals surface area contributed by atoms with Crippen LogP contribution in [0.5, 0.6) is 0 Å². The molecule has 4 nitrogen and oxygen atoms in total. The third kappa shape index (κ3) is 2.91. The summed E-state index contributed by atoms with van der Waals surface area (Å²) in [6, 6.07) is 14.8. The molecule has 1 heterocycles. The summed E-state index contributed by atoms with van der Waals surface area (Å²) in [6.45, 7) is 4.74. The quantitative estimate of drug-likeness (QED) is 0.849. The van der Waals surface area contributed by atoms with Crippen LogP contribution in [0.2, 0.25) is 0 Å². The van der Waals surface area contributed by atoms with Crippen LogP contribution in [0, 0.1) is 6.92 Å². The second-order valence-electron chi connectivity index (χ2n) is 5.55. The zero-order valence-corrected chi connectivity index (χ0v) is 13.0. The first-order valence-electron chi connectivity index (χ1n) is 7.56. The number of hydrogen-bond acceptors (Lipinski definition) is 3. The van der Waals surface area contributed by atoms with Gasteiger partial charge in [-0.3, -0.25) is 0 Å². The molecule has 0 amide bonds. The molecule has 0 aliphatic carbocycles. The van der Waals surface area contributed by atoms with Gasteiger partial charge in [-0.1, -0.05) is 30.3 Å². The highest BCUT2D eigenvalue weighted by atomic mass is 16.5. The zero-order valence-electron chi connectivity index (χ0n) is 13.0. The largest absolute Gasteiger partial charge is 0.457 e. The fraction of sp³-hybridized carbons (Fsp3) is 0.278.